The average molecular weight is 375 g/mol. The van der Waals surface area contributed by atoms with Gasteiger partial charge in [-0.1, -0.05) is 31.2 Å². The van der Waals surface area contributed by atoms with E-state index in [0.717, 1.165) is 5.56 Å². The Bertz CT molecular complexity index is 838. The van der Waals surface area contributed by atoms with Gasteiger partial charge in [-0.15, -0.1) is 0 Å². The van der Waals surface area contributed by atoms with E-state index < -0.39 is 12.7 Å². The minimum atomic E-state index is -2.93. The lowest BCUT2D eigenvalue weighted by molar-refractivity contribution is -0.117. The van der Waals surface area contributed by atoms with Crippen molar-refractivity contribution in [3.8, 4) is 17.2 Å². The van der Waals surface area contributed by atoms with Crippen molar-refractivity contribution in [2.24, 2.45) is 0 Å². The van der Waals surface area contributed by atoms with Gasteiger partial charge in [0.15, 0.2) is 11.5 Å². The van der Waals surface area contributed by atoms with Crippen LogP contribution in [0.5, 0.6) is 17.2 Å². The maximum Gasteiger partial charge on any atom is 0.387 e. The van der Waals surface area contributed by atoms with Gasteiger partial charge in [0, 0.05) is 11.6 Å². The highest BCUT2D eigenvalue weighted by Crippen LogP contribution is 2.33. The number of fused-ring (bicyclic) bond motifs is 1. The molecular formula is C20H19F2NO4. The fourth-order valence-corrected chi connectivity index (χ4v) is 2.78. The number of ether oxygens (including phenoxy) is 3. The predicted molar refractivity (Wildman–Crippen MR) is 95.8 cm³/mol. The Kier molecular flexibility index (Phi) is 5.90. The van der Waals surface area contributed by atoms with Crippen molar-refractivity contribution in [1.29, 1.82) is 0 Å². The Morgan fingerprint density at radius 3 is 2.78 bits per heavy atom. The number of rotatable bonds is 7. The van der Waals surface area contributed by atoms with Gasteiger partial charge in [0.2, 0.25) is 12.7 Å². The number of benzene rings is 2. The van der Waals surface area contributed by atoms with Crippen LogP contribution in [0.15, 0.2) is 48.5 Å². The van der Waals surface area contributed by atoms with Gasteiger partial charge in [-0.05, 0) is 36.3 Å². The molecular weight excluding hydrogens is 356 g/mol. The molecule has 27 heavy (non-hydrogen) atoms. The first-order valence-corrected chi connectivity index (χ1v) is 8.48. The van der Waals surface area contributed by atoms with Gasteiger partial charge in [0.05, 0.1) is 6.04 Å². The summed E-state index contributed by atoms with van der Waals surface area (Å²) in [4.78, 5) is 12.3. The number of para-hydroxylation sites is 1. The highest BCUT2D eigenvalue weighted by Gasteiger charge is 2.18. The Balaban J connectivity index is 1.69. The van der Waals surface area contributed by atoms with E-state index in [2.05, 4.69) is 10.1 Å². The molecule has 0 saturated heterocycles. The van der Waals surface area contributed by atoms with Gasteiger partial charge in [-0.3, -0.25) is 4.79 Å². The maximum atomic E-state index is 12.6. The summed E-state index contributed by atoms with van der Waals surface area (Å²) < 4.78 is 40.3. The van der Waals surface area contributed by atoms with E-state index in [-0.39, 0.29) is 18.4 Å². The molecule has 0 aliphatic carbocycles. The molecule has 0 bridgehead atoms. The molecule has 1 aliphatic heterocycles. The molecule has 1 amide bonds. The smallest absolute Gasteiger partial charge is 0.387 e. The van der Waals surface area contributed by atoms with Crippen LogP contribution in [0.4, 0.5) is 8.78 Å². The number of nitrogens with one attached hydrogen (secondary N) is 1. The first-order chi connectivity index (χ1) is 13.1. The van der Waals surface area contributed by atoms with Crippen LogP contribution in [-0.2, 0) is 4.79 Å². The second kappa shape index (κ2) is 8.53. The van der Waals surface area contributed by atoms with Crippen LogP contribution in [0.25, 0.3) is 6.08 Å². The topological polar surface area (TPSA) is 56.8 Å². The molecule has 0 spiro atoms. The van der Waals surface area contributed by atoms with E-state index in [0.29, 0.717) is 23.5 Å². The van der Waals surface area contributed by atoms with Gasteiger partial charge in [-0.25, -0.2) is 0 Å². The maximum absolute atomic E-state index is 12.6. The lowest BCUT2D eigenvalue weighted by atomic mass is 10.0. The third-order valence-electron chi connectivity index (χ3n) is 4.06. The minimum Gasteiger partial charge on any atom is -0.454 e. The van der Waals surface area contributed by atoms with E-state index in [1.807, 2.05) is 6.92 Å². The summed E-state index contributed by atoms with van der Waals surface area (Å²) in [5.74, 6) is 1.01. The standard InChI is InChI=1S/C20H19F2NO4/c1-2-15(14-5-3-4-6-16(14)27-20(21)22)23-19(24)10-8-13-7-9-17-18(11-13)26-12-25-17/h3-11,15,20H,2,12H2,1H3,(H,23,24)/b10-8+. The van der Waals surface area contributed by atoms with E-state index in [4.69, 9.17) is 9.47 Å². The zero-order chi connectivity index (χ0) is 19.2. The summed E-state index contributed by atoms with van der Waals surface area (Å²) in [6, 6.07) is 11.3. The van der Waals surface area contributed by atoms with Crippen molar-refractivity contribution in [3.63, 3.8) is 0 Å². The highest BCUT2D eigenvalue weighted by atomic mass is 19.3. The Morgan fingerprint density at radius 2 is 2.00 bits per heavy atom. The quantitative estimate of drug-likeness (QED) is 0.733. The zero-order valence-electron chi connectivity index (χ0n) is 14.7. The molecule has 142 valence electrons. The van der Waals surface area contributed by atoms with Crippen LogP contribution in [-0.4, -0.2) is 19.3 Å². The summed E-state index contributed by atoms with van der Waals surface area (Å²) in [7, 11) is 0. The summed E-state index contributed by atoms with van der Waals surface area (Å²) in [6.07, 6.45) is 3.55. The summed E-state index contributed by atoms with van der Waals surface area (Å²) in [5, 5.41) is 2.81. The molecule has 1 atom stereocenters. The SMILES string of the molecule is CCC(NC(=O)/C=C/c1ccc2c(c1)OCO2)c1ccccc1OC(F)F. The van der Waals surface area contributed by atoms with Crippen molar-refractivity contribution in [2.45, 2.75) is 26.0 Å². The number of carbonyl (C=O) groups is 1. The number of hydrogen-bond acceptors (Lipinski definition) is 4. The Labute approximate surface area is 155 Å². The molecule has 3 rings (SSSR count). The van der Waals surface area contributed by atoms with Gasteiger partial charge < -0.3 is 19.5 Å². The average Bonchev–Trinajstić information content (AvgIpc) is 3.12. The first kappa shape index (κ1) is 18.7. The van der Waals surface area contributed by atoms with E-state index >= 15 is 0 Å². The lowest BCUT2D eigenvalue weighted by Crippen LogP contribution is -2.27. The molecule has 0 radical (unpaired) electrons. The van der Waals surface area contributed by atoms with E-state index in [1.165, 1.54) is 12.1 Å². The van der Waals surface area contributed by atoms with Crippen molar-refractivity contribution < 1.29 is 27.8 Å². The Morgan fingerprint density at radius 1 is 1.22 bits per heavy atom. The second-order valence-electron chi connectivity index (χ2n) is 5.83. The first-order valence-electron chi connectivity index (χ1n) is 8.48. The second-order valence-corrected chi connectivity index (χ2v) is 5.83. The van der Waals surface area contributed by atoms with Crippen molar-refractivity contribution in [3.05, 3.63) is 59.7 Å². The van der Waals surface area contributed by atoms with Crippen molar-refractivity contribution in [2.75, 3.05) is 6.79 Å². The largest absolute Gasteiger partial charge is 0.454 e. The molecule has 1 aliphatic rings. The summed E-state index contributed by atoms with van der Waals surface area (Å²) >= 11 is 0. The van der Waals surface area contributed by atoms with Crippen LogP contribution in [0.3, 0.4) is 0 Å². The highest BCUT2D eigenvalue weighted by molar-refractivity contribution is 5.92. The number of amides is 1. The van der Waals surface area contributed by atoms with Crippen molar-refractivity contribution >= 4 is 12.0 Å². The molecule has 0 fully saturated rings. The van der Waals surface area contributed by atoms with E-state index in [9.17, 15) is 13.6 Å². The monoisotopic (exact) mass is 375 g/mol. The molecule has 0 aromatic heterocycles. The third kappa shape index (κ3) is 4.75. The minimum absolute atomic E-state index is 0.0550. The normalized spacial score (nSPS) is 13.8. The Hall–Kier alpha value is -3.09. The molecule has 2 aromatic rings. The van der Waals surface area contributed by atoms with Gasteiger partial charge in [0.1, 0.15) is 5.75 Å². The summed E-state index contributed by atoms with van der Waals surface area (Å²) in [6.45, 7) is -0.891. The molecule has 7 heteroatoms. The number of alkyl halides is 2. The number of hydrogen-bond donors (Lipinski definition) is 1. The van der Waals surface area contributed by atoms with Crippen LogP contribution < -0.4 is 19.5 Å². The van der Waals surface area contributed by atoms with Crippen LogP contribution in [0.2, 0.25) is 0 Å². The number of halogens is 2. The summed E-state index contributed by atoms with van der Waals surface area (Å²) in [5.41, 5.74) is 1.29. The fourth-order valence-electron chi connectivity index (χ4n) is 2.78. The lowest BCUT2D eigenvalue weighted by Gasteiger charge is -2.19. The molecule has 1 heterocycles. The van der Waals surface area contributed by atoms with Gasteiger partial charge in [-0.2, -0.15) is 8.78 Å². The van der Waals surface area contributed by atoms with E-state index in [1.54, 1.807) is 42.5 Å². The van der Waals surface area contributed by atoms with Crippen molar-refractivity contribution in [1.82, 2.24) is 5.32 Å². The molecule has 0 saturated carbocycles. The van der Waals surface area contributed by atoms with Crippen LogP contribution in [0.1, 0.15) is 30.5 Å². The van der Waals surface area contributed by atoms with Gasteiger partial charge in [0.25, 0.3) is 0 Å². The zero-order valence-corrected chi connectivity index (χ0v) is 14.7. The fraction of sp³-hybridized carbons (Fsp3) is 0.250. The van der Waals surface area contributed by atoms with Crippen LogP contribution >= 0.6 is 0 Å². The van der Waals surface area contributed by atoms with Gasteiger partial charge >= 0.3 is 6.61 Å². The predicted octanol–water partition coefficient (Wildman–Crippen LogP) is 4.30. The molecule has 1 N–H and O–H groups in total. The third-order valence-corrected chi connectivity index (χ3v) is 4.06. The molecule has 5 nitrogen and oxygen atoms in total. The number of carbonyl (C=O) groups excluding carboxylic acids is 1. The van der Waals surface area contributed by atoms with Crippen LogP contribution in [0, 0.1) is 0 Å². The molecule has 1 unspecified atom stereocenters. The molecule has 2 aromatic carbocycles.